The third-order valence-electron chi connectivity index (χ3n) is 3.19. The molecular weight excluding hydrogens is 296 g/mol. The zero-order chi connectivity index (χ0) is 12.9. The van der Waals surface area contributed by atoms with Gasteiger partial charge in [-0.15, -0.1) is 0 Å². The van der Waals surface area contributed by atoms with E-state index in [0.717, 1.165) is 0 Å². The van der Waals surface area contributed by atoms with Gasteiger partial charge in [-0.25, -0.2) is 0 Å². The van der Waals surface area contributed by atoms with E-state index in [2.05, 4.69) is 91.0 Å². The molecular formula is C18H15CrSi. The molecule has 0 saturated carbocycles. The maximum Gasteiger partial charge on any atom is 0.154 e. The summed E-state index contributed by atoms with van der Waals surface area (Å²) in [7, 11) is -0.877. The summed E-state index contributed by atoms with van der Waals surface area (Å²) in [4.78, 5) is 0. The first-order valence-corrected chi connectivity index (χ1v) is 7.98. The summed E-state index contributed by atoms with van der Waals surface area (Å²) in [6, 6.07) is 32.5. The summed E-state index contributed by atoms with van der Waals surface area (Å²) in [5.41, 5.74) is 0. The molecule has 0 aliphatic carbocycles. The fourth-order valence-electron chi connectivity index (χ4n) is 2.31. The van der Waals surface area contributed by atoms with E-state index in [9.17, 15) is 0 Å². The monoisotopic (exact) mass is 311 g/mol. The number of rotatable bonds is 3. The third kappa shape index (κ3) is 3.29. The molecule has 3 aromatic rings. The minimum absolute atomic E-state index is 0. The van der Waals surface area contributed by atoms with Crippen molar-refractivity contribution < 1.29 is 17.4 Å². The van der Waals surface area contributed by atoms with Crippen LogP contribution in [0, 0.1) is 0 Å². The van der Waals surface area contributed by atoms with Gasteiger partial charge in [-0.2, -0.15) is 0 Å². The van der Waals surface area contributed by atoms with Crippen molar-refractivity contribution in [3.8, 4) is 0 Å². The topological polar surface area (TPSA) is 0 Å². The van der Waals surface area contributed by atoms with Gasteiger partial charge < -0.3 is 0 Å². The Morgan fingerprint density at radius 1 is 0.400 bits per heavy atom. The molecule has 0 saturated heterocycles. The Kier molecular flexibility index (Phi) is 5.38. The Balaban J connectivity index is 0.00000147. The van der Waals surface area contributed by atoms with Crippen LogP contribution in [0.2, 0.25) is 0 Å². The van der Waals surface area contributed by atoms with E-state index < -0.39 is 8.80 Å². The van der Waals surface area contributed by atoms with E-state index in [0.29, 0.717) is 0 Å². The van der Waals surface area contributed by atoms with Crippen LogP contribution in [-0.2, 0) is 17.4 Å². The first kappa shape index (κ1) is 14.8. The van der Waals surface area contributed by atoms with E-state index in [1.807, 2.05) is 0 Å². The quantitative estimate of drug-likeness (QED) is 0.514. The van der Waals surface area contributed by atoms with Crippen molar-refractivity contribution in [2.45, 2.75) is 0 Å². The van der Waals surface area contributed by atoms with Crippen molar-refractivity contribution in [1.82, 2.24) is 0 Å². The van der Waals surface area contributed by atoms with Crippen molar-refractivity contribution in [1.29, 1.82) is 0 Å². The summed E-state index contributed by atoms with van der Waals surface area (Å²) in [5, 5.41) is 4.31. The maximum absolute atomic E-state index is 2.24. The van der Waals surface area contributed by atoms with Gasteiger partial charge in [0.25, 0.3) is 0 Å². The number of benzene rings is 3. The Labute approximate surface area is 132 Å². The van der Waals surface area contributed by atoms with E-state index in [1.165, 1.54) is 15.6 Å². The van der Waals surface area contributed by atoms with Gasteiger partial charge in [0, 0.05) is 17.4 Å². The van der Waals surface area contributed by atoms with E-state index >= 15 is 0 Å². The van der Waals surface area contributed by atoms with Crippen molar-refractivity contribution in [2.24, 2.45) is 0 Å². The SMILES string of the molecule is [Cr].c1ccc([Si](c2ccccc2)c2ccccc2)cc1. The summed E-state index contributed by atoms with van der Waals surface area (Å²) in [6.45, 7) is 0. The van der Waals surface area contributed by atoms with Crippen LogP contribution >= 0.6 is 0 Å². The Morgan fingerprint density at radius 3 is 0.900 bits per heavy atom. The van der Waals surface area contributed by atoms with Gasteiger partial charge in [-0.3, -0.25) is 0 Å². The predicted octanol–water partition coefficient (Wildman–Crippen LogP) is 2.20. The van der Waals surface area contributed by atoms with Crippen LogP contribution in [0.25, 0.3) is 0 Å². The second kappa shape index (κ2) is 7.26. The average molecular weight is 311 g/mol. The largest absolute Gasteiger partial charge is 0.154 e. The van der Waals surface area contributed by atoms with Crippen molar-refractivity contribution in [3.05, 3.63) is 91.0 Å². The molecule has 0 amide bonds. The van der Waals surface area contributed by atoms with Gasteiger partial charge in [-0.05, 0) is 0 Å². The summed E-state index contributed by atoms with van der Waals surface area (Å²) < 4.78 is 0. The zero-order valence-corrected chi connectivity index (χ0v) is 13.3. The van der Waals surface area contributed by atoms with Gasteiger partial charge in [0.15, 0.2) is 8.80 Å². The van der Waals surface area contributed by atoms with Crippen molar-refractivity contribution in [2.75, 3.05) is 0 Å². The molecule has 0 aliphatic heterocycles. The first-order valence-electron chi connectivity index (χ1n) is 6.48. The van der Waals surface area contributed by atoms with Gasteiger partial charge in [0.1, 0.15) is 0 Å². The van der Waals surface area contributed by atoms with E-state index in [1.54, 1.807) is 0 Å². The fraction of sp³-hybridized carbons (Fsp3) is 0. The van der Waals surface area contributed by atoms with Crippen LogP contribution in [0.15, 0.2) is 91.0 Å². The zero-order valence-electron chi connectivity index (χ0n) is 11.1. The normalized spacial score (nSPS) is 10.1. The minimum atomic E-state index is -0.877. The third-order valence-corrected chi connectivity index (χ3v) is 5.92. The molecule has 0 unspecified atom stereocenters. The Morgan fingerprint density at radius 2 is 0.650 bits per heavy atom. The van der Waals surface area contributed by atoms with Crippen molar-refractivity contribution in [3.63, 3.8) is 0 Å². The van der Waals surface area contributed by atoms with Crippen LogP contribution in [0.4, 0.5) is 0 Å². The summed E-state index contributed by atoms with van der Waals surface area (Å²) in [5.74, 6) is 0. The van der Waals surface area contributed by atoms with E-state index in [-0.39, 0.29) is 17.4 Å². The van der Waals surface area contributed by atoms with Crippen LogP contribution in [0.5, 0.6) is 0 Å². The Bertz CT molecular complexity index is 529. The second-order valence-electron chi connectivity index (χ2n) is 4.47. The van der Waals surface area contributed by atoms with Gasteiger partial charge >= 0.3 is 0 Å². The van der Waals surface area contributed by atoms with Gasteiger partial charge in [0.05, 0.1) is 0 Å². The molecule has 0 N–H and O–H groups in total. The maximum atomic E-state index is 2.24. The Hall–Kier alpha value is -1.59. The fourth-order valence-corrected chi connectivity index (χ4v) is 4.89. The second-order valence-corrected chi connectivity index (χ2v) is 6.96. The molecule has 0 heterocycles. The number of hydrogen-bond donors (Lipinski definition) is 0. The van der Waals surface area contributed by atoms with Crippen LogP contribution in [0.1, 0.15) is 0 Å². The molecule has 0 spiro atoms. The molecule has 2 heteroatoms. The number of hydrogen-bond acceptors (Lipinski definition) is 0. The van der Waals surface area contributed by atoms with Crippen LogP contribution in [-0.4, -0.2) is 8.80 Å². The molecule has 0 aromatic heterocycles. The molecule has 0 atom stereocenters. The summed E-state index contributed by atoms with van der Waals surface area (Å²) in [6.07, 6.45) is 0. The average Bonchev–Trinajstić information content (AvgIpc) is 2.51. The van der Waals surface area contributed by atoms with Gasteiger partial charge in [-0.1, -0.05) is 107 Å². The molecule has 0 aliphatic rings. The summed E-state index contributed by atoms with van der Waals surface area (Å²) >= 11 is 0. The molecule has 1 radical (unpaired) electrons. The van der Waals surface area contributed by atoms with E-state index in [4.69, 9.17) is 0 Å². The first-order chi connectivity index (χ1) is 9.45. The molecule has 0 nitrogen and oxygen atoms in total. The molecule has 0 fully saturated rings. The minimum Gasteiger partial charge on any atom is -0.0624 e. The molecule has 20 heavy (non-hydrogen) atoms. The van der Waals surface area contributed by atoms with Crippen molar-refractivity contribution >= 4 is 24.4 Å². The standard InChI is InChI=1S/C18H15Si.Cr/c1-4-10-16(11-5-1)19(17-12-6-2-7-13-17)18-14-8-3-9-15-18;/h1-15H;. The van der Waals surface area contributed by atoms with Gasteiger partial charge in [0.2, 0.25) is 0 Å². The van der Waals surface area contributed by atoms with Crippen LogP contribution in [0.3, 0.4) is 0 Å². The predicted molar refractivity (Wildman–Crippen MR) is 84.0 cm³/mol. The molecule has 3 rings (SSSR count). The van der Waals surface area contributed by atoms with Crippen LogP contribution < -0.4 is 15.6 Å². The molecule has 0 bridgehead atoms. The molecule has 3 aromatic carbocycles. The smallest absolute Gasteiger partial charge is 0.0624 e. The molecule has 97 valence electrons.